The Hall–Kier alpha value is -7.01. The zero-order chi connectivity index (χ0) is 38.7. The van der Waals surface area contributed by atoms with Crippen LogP contribution in [0.3, 0.4) is 0 Å². The van der Waals surface area contributed by atoms with Gasteiger partial charge in [0.2, 0.25) is 0 Å². The first-order chi connectivity index (χ1) is 29.3. The number of hydrogen-bond donors (Lipinski definition) is 0. The predicted octanol–water partition coefficient (Wildman–Crippen LogP) is 12.2. The van der Waals surface area contributed by atoms with Crippen molar-refractivity contribution < 1.29 is 0 Å². The Morgan fingerprint density at radius 2 is 1.02 bits per heavy atom. The van der Waals surface area contributed by atoms with Gasteiger partial charge in [-0.2, -0.15) is 0 Å². The molecule has 10 aromatic rings. The summed E-state index contributed by atoms with van der Waals surface area (Å²) in [4.78, 5) is 3.68. The number of nitrogens with zero attached hydrogens (tertiary/aromatic N) is 3. The number of rotatable bonds is 4. The molecule has 13 rings (SSSR count). The number of para-hydroxylation sites is 6. The van der Waals surface area contributed by atoms with Crippen LogP contribution in [0.5, 0.6) is 0 Å². The number of benzene rings is 8. The minimum absolute atomic E-state index is 0.153. The second-order valence-electron chi connectivity index (χ2n) is 16.0. The molecule has 0 amide bonds. The summed E-state index contributed by atoms with van der Waals surface area (Å²) in [5.41, 5.74) is 13.4. The third-order valence-corrected chi connectivity index (χ3v) is 14.4. The van der Waals surface area contributed by atoms with E-state index in [0.29, 0.717) is 0 Å². The first kappa shape index (κ1) is 33.0. The SMILES string of the molecule is C1=c2c(n(-c3ccc(N(c4ccccc4)c4ccccc4)cc3)c3ccccc23)=CC2Sc3ccccc3C3(c4ccccc4-n4c5ccccc5c5cccc3c54)C12. The number of aromatic nitrogens is 2. The minimum Gasteiger partial charge on any atom is -0.311 e. The summed E-state index contributed by atoms with van der Waals surface area (Å²) >= 11 is 2.02. The normalized spacial score (nSPS) is 18.4. The highest BCUT2D eigenvalue weighted by atomic mass is 32.2. The molecule has 0 bridgehead atoms. The summed E-state index contributed by atoms with van der Waals surface area (Å²) in [6.07, 6.45) is 5.26. The number of hydrogen-bond acceptors (Lipinski definition) is 2. The summed E-state index contributed by atoms with van der Waals surface area (Å²) < 4.78 is 5.04. The van der Waals surface area contributed by atoms with Crippen LogP contribution in [0.2, 0.25) is 0 Å². The summed E-state index contributed by atoms with van der Waals surface area (Å²) in [5.74, 6) is 0.153. The summed E-state index contributed by atoms with van der Waals surface area (Å²) in [7, 11) is 0. The zero-order valence-corrected chi connectivity index (χ0v) is 32.9. The Morgan fingerprint density at radius 1 is 0.441 bits per heavy atom. The Kier molecular flexibility index (Phi) is 6.99. The van der Waals surface area contributed by atoms with Crippen LogP contribution in [0.15, 0.2) is 205 Å². The lowest BCUT2D eigenvalue weighted by molar-refractivity contribution is 0.464. The molecule has 4 heteroatoms. The molecule has 2 aliphatic heterocycles. The molecule has 0 saturated carbocycles. The first-order valence-corrected chi connectivity index (χ1v) is 21.4. The van der Waals surface area contributed by atoms with Crippen LogP contribution in [-0.4, -0.2) is 14.4 Å². The van der Waals surface area contributed by atoms with Crippen LogP contribution in [0.1, 0.15) is 16.7 Å². The highest BCUT2D eigenvalue weighted by molar-refractivity contribution is 8.00. The molecular formula is C55H37N3S. The molecule has 3 nitrogen and oxygen atoms in total. The van der Waals surface area contributed by atoms with Crippen LogP contribution in [0, 0.1) is 5.92 Å². The maximum absolute atomic E-state index is 2.66. The third-order valence-electron chi connectivity index (χ3n) is 13.1. The smallest absolute Gasteiger partial charge is 0.0585 e. The molecule has 0 saturated heterocycles. The predicted molar refractivity (Wildman–Crippen MR) is 246 cm³/mol. The van der Waals surface area contributed by atoms with E-state index in [1.54, 1.807) is 0 Å². The molecule has 0 N–H and O–H groups in total. The van der Waals surface area contributed by atoms with E-state index >= 15 is 0 Å². The molecule has 3 aliphatic rings. The Balaban J connectivity index is 1.06. The maximum atomic E-state index is 2.66. The minimum atomic E-state index is -0.412. The lowest BCUT2D eigenvalue weighted by Gasteiger charge is -2.51. The summed E-state index contributed by atoms with van der Waals surface area (Å²) in [6, 6.07) is 73.9. The third kappa shape index (κ3) is 4.50. The van der Waals surface area contributed by atoms with E-state index in [9.17, 15) is 0 Å². The molecule has 0 fully saturated rings. The number of fused-ring (bicyclic) bond motifs is 14. The lowest BCUT2D eigenvalue weighted by Crippen LogP contribution is -2.50. The largest absolute Gasteiger partial charge is 0.311 e. The summed E-state index contributed by atoms with van der Waals surface area (Å²) in [6.45, 7) is 0. The molecule has 0 radical (unpaired) electrons. The van der Waals surface area contributed by atoms with E-state index in [1.165, 1.54) is 70.5 Å². The van der Waals surface area contributed by atoms with Crippen LogP contribution >= 0.6 is 11.8 Å². The van der Waals surface area contributed by atoms with Crippen molar-refractivity contribution in [2.45, 2.75) is 15.6 Å². The number of thioether (sulfide) groups is 1. The van der Waals surface area contributed by atoms with E-state index in [4.69, 9.17) is 0 Å². The lowest BCUT2D eigenvalue weighted by atomic mass is 9.58. The van der Waals surface area contributed by atoms with E-state index in [-0.39, 0.29) is 11.2 Å². The van der Waals surface area contributed by atoms with Crippen molar-refractivity contribution in [2.24, 2.45) is 5.92 Å². The van der Waals surface area contributed by atoms with Crippen molar-refractivity contribution in [3.8, 4) is 11.4 Å². The summed E-state index contributed by atoms with van der Waals surface area (Å²) in [5, 5.41) is 6.67. The van der Waals surface area contributed by atoms with Crippen molar-refractivity contribution in [3.63, 3.8) is 0 Å². The van der Waals surface area contributed by atoms with Crippen molar-refractivity contribution in [1.82, 2.24) is 9.13 Å². The van der Waals surface area contributed by atoms with Crippen molar-refractivity contribution in [2.75, 3.05) is 4.90 Å². The average Bonchev–Trinajstić information content (AvgIpc) is 3.81. The molecule has 3 unspecified atom stereocenters. The molecule has 8 aromatic carbocycles. The fourth-order valence-electron chi connectivity index (χ4n) is 10.9. The van der Waals surface area contributed by atoms with E-state index < -0.39 is 5.41 Å². The van der Waals surface area contributed by atoms with Gasteiger partial charge in [0.1, 0.15) is 0 Å². The van der Waals surface area contributed by atoms with E-state index in [2.05, 4.69) is 226 Å². The van der Waals surface area contributed by atoms with Gasteiger partial charge in [-0.15, -0.1) is 11.8 Å². The van der Waals surface area contributed by atoms with Gasteiger partial charge in [-0.25, -0.2) is 0 Å². The van der Waals surface area contributed by atoms with Gasteiger partial charge in [-0.05, 0) is 95.6 Å². The van der Waals surface area contributed by atoms with Crippen LogP contribution < -0.4 is 15.5 Å². The van der Waals surface area contributed by atoms with E-state index in [1.807, 2.05) is 11.8 Å². The standard InChI is InChI=1S/C55H37N3S/c1-3-16-36(17-4-1)56(37-18-5-2-6-19-37)38-30-32-39(33-31-38)57-48-26-11-8-21-41(48)43-34-47-53(35-51(43)57)59-52-29-14-10-24-45(52)55(47)44-23-9-13-28-50(44)58-49-27-12-7-20-40(49)42-22-15-25-46(55)54(42)58/h1-35,47,53H. The van der Waals surface area contributed by atoms with Gasteiger partial charge < -0.3 is 14.0 Å². The monoisotopic (exact) mass is 771 g/mol. The molecule has 2 aromatic heterocycles. The Morgan fingerprint density at radius 3 is 1.78 bits per heavy atom. The highest BCUT2D eigenvalue weighted by Gasteiger charge is 2.54. The van der Waals surface area contributed by atoms with Gasteiger partial charge in [0.25, 0.3) is 0 Å². The van der Waals surface area contributed by atoms with Gasteiger partial charge in [-0.3, -0.25) is 0 Å². The molecule has 1 spiro atoms. The van der Waals surface area contributed by atoms with Gasteiger partial charge in [0, 0.05) is 60.2 Å². The van der Waals surface area contributed by atoms with Gasteiger partial charge in [-0.1, -0.05) is 133 Å². The topological polar surface area (TPSA) is 13.1 Å². The maximum Gasteiger partial charge on any atom is 0.0585 e. The van der Waals surface area contributed by atoms with Crippen LogP contribution in [-0.2, 0) is 5.41 Å². The molecular weight excluding hydrogens is 735 g/mol. The van der Waals surface area contributed by atoms with Gasteiger partial charge in [0.15, 0.2) is 0 Å². The van der Waals surface area contributed by atoms with Crippen LogP contribution in [0.25, 0.3) is 56.2 Å². The zero-order valence-electron chi connectivity index (χ0n) is 32.1. The molecule has 3 atom stereocenters. The highest BCUT2D eigenvalue weighted by Crippen LogP contribution is 2.61. The molecule has 4 heterocycles. The first-order valence-electron chi connectivity index (χ1n) is 20.5. The van der Waals surface area contributed by atoms with Crippen molar-refractivity contribution in [3.05, 3.63) is 227 Å². The average molecular weight is 772 g/mol. The molecule has 59 heavy (non-hydrogen) atoms. The molecule has 278 valence electrons. The Labute approximate surface area is 346 Å². The molecule has 1 aliphatic carbocycles. The fourth-order valence-corrected chi connectivity index (χ4v) is 12.3. The second kappa shape index (κ2) is 12.5. The Bertz CT molecular complexity index is 3400. The van der Waals surface area contributed by atoms with Gasteiger partial charge >= 0.3 is 0 Å². The van der Waals surface area contributed by atoms with Crippen molar-refractivity contribution >= 4 is 73.7 Å². The van der Waals surface area contributed by atoms with E-state index in [0.717, 1.165) is 22.7 Å². The van der Waals surface area contributed by atoms with Crippen LogP contribution in [0.4, 0.5) is 17.1 Å². The number of anilines is 3. The fraction of sp³-hybridized carbons (Fsp3) is 0.0545. The quantitative estimate of drug-likeness (QED) is 0.177. The van der Waals surface area contributed by atoms with Crippen molar-refractivity contribution in [1.29, 1.82) is 0 Å². The second-order valence-corrected chi connectivity index (χ2v) is 17.2. The van der Waals surface area contributed by atoms with Gasteiger partial charge in [0.05, 0.1) is 33.0 Å².